The average molecular weight is 294 g/mol. The third-order valence-corrected chi connectivity index (χ3v) is 3.86. The minimum absolute atomic E-state index is 0.0339. The van der Waals surface area contributed by atoms with Crippen molar-refractivity contribution in [3.63, 3.8) is 0 Å². The molecule has 1 aliphatic rings. The van der Waals surface area contributed by atoms with Gasteiger partial charge in [-0.05, 0) is 12.1 Å². The first-order valence-corrected chi connectivity index (χ1v) is 6.78. The molecule has 0 bridgehead atoms. The second kappa shape index (κ2) is 5.07. The maximum Gasteiger partial charge on any atom is 0.266 e. The van der Waals surface area contributed by atoms with Crippen LogP contribution in [0.4, 0.5) is 8.78 Å². The van der Waals surface area contributed by atoms with Gasteiger partial charge in [-0.3, -0.25) is 4.79 Å². The molecule has 1 aliphatic heterocycles. The van der Waals surface area contributed by atoms with Crippen LogP contribution in [0, 0.1) is 0 Å². The Balaban J connectivity index is 1.72. The zero-order valence-electron chi connectivity index (χ0n) is 11.4. The summed E-state index contributed by atoms with van der Waals surface area (Å²) < 4.78 is 28.4. The van der Waals surface area contributed by atoms with Crippen LogP contribution < -0.4 is 5.73 Å². The number of amides is 1. The predicted octanol–water partition coefficient (Wildman–Crippen LogP) is 1.23. The van der Waals surface area contributed by atoms with E-state index in [4.69, 9.17) is 5.73 Å². The normalized spacial score (nSPS) is 21.7. The number of benzene rings is 1. The highest BCUT2D eigenvalue weighted by Crippen LogP contribution is 2.27. The number of halogens is 2. The van der Waals surface area contributed by atoms with Crippen molar-refractivity contribution in [1.29, 1.82) is 0 Å². The molecule has 0 radical (unpaired) electrons. The van der Waals surface area contributed by atoms with Gasteiger partial charge in [0, 0.05) is 19.5 Å². The Kier molecular flexibility index (Phi) is 3.36. The summed E-state index contributed by atoms with van der Waals surface area (Å²) in [5, 5.41) is 0. The van der Waals surface area contributed by atoms with Gasteiger partial charge in [-0.2, -0.15) is 0 Å². The van der Waals surface area contributed by atoms with Crippen LogP contribution in [0.1, 0.15) is 6.42 Å². The topological polar surface area (TPSA) is 64.2 Å². The molecule has 5 nitrogen and oxygen atoms in total. The lowest BCUT2D eigenvalue weighted by atomic mass is 10.0. The average Bonchev–Trinajstić information content (AvgIpc) is 2.85. The lowest BCUT2D eigenvalue weighted by Crippen LogP contribution is -2.57. The standard InChI is InChI=1S/C14H16F2N4O/c15-14(16)5-6-19(7-12(14)17)13(21)8-20-9-18-10-3-1-2-4-11(10)20/h1-4,9,12H,5-8,17H2. The number of carbonyl (C=O) groups excluding carboxylic acids is 1. The largest absolute Gasteiger partial charge is 0.339 e. The molecule has 3 rings (SSSR count). The van der Waals surface area contributed by atoms with Crippen molar-refractivity contribution in [1.82, 2.24) is 14.5 Å². The lowest BCUT2D eigenvalue weighted by Gasteiger charge is -2.36. The van der Waals surface area contributed by atoms with Crippen molar-refractivity contribution in [3.05, 3.63) is 30.6 Å². The van der Waals surface area contributed by atoms with Gasteiger partial charge < -0.3 is 15.2 Å². The highest BCUT2D eigenvalue weighted by molar-refractivity contribution is 5.80. The maximum atomic E-state index is 13.3. The zero-order chi connectivity index (χ0) is 15.0. The molecule has 1 aromatic heterocycles. The number of aromatic nitrogens is 2. The number of hydrogen-bond acceptors (Lipinski definition) is 3. The number of fused-ring (bicyclic) bond motifs is 1. The molecule has 112 valence electrons. The Morgan fingerprint density at radius 3 is 2.95 bits per heavy atom. The Hall–Kier alpha value is -2.02. The molecule has 2 N–H and O–H groups in total. The molecule has 1 saturated heterocycles. The van der Waals surface area contributed by atoms with Crippen molar-refractivity contribution in [2.45, 2.75) is 24.9 Å². The van der Waals surface area contributed by atoms with Gasteiger partial charge in [0.05, 0.1) is 23.4 Å². The third-order valence-electron chi connectivity index (χ3n) is 3.86. The maximum absolute atomic E-state index is 13.3. The minimum atomic E-state index is -2.89. The lowest BCUT2D eigenvalue weighted by molar-refractivity contribution is -0.139. The van der Waals surface area contributed by atoms with E-state index in [0.717, 1.165) is 11.0 Å². The molecule has 0 saturated carbocycles. The summed E-state index contributed by atoms with van der Waals surface area (Å²) in [5.41, 5.74) is 7.08. The van der Waals surface area contributed by atoms with Gasteiger partial charge in [-0.25, -0.2) is 13.8 Å². The molecule has 7 heteroatoms. The van der Waals surface area contributed by atoms with E-state index in [-0.39, 0.29) is 32.0 Å². The molecule has 1 fully saturated rings. The quantitative estimate of drug-likeness (QED) is 0.906. The predicted molar refractivity (Wildman–Crippen MR) is 73.9 cm³/mol. The molecule has 1 atom stereocenters. The van der Waals surface area contributed by atoms with Crippen LogP contribution in [-0.4, -0.2) is 45.4 Å². The van der Waals surface area contributed by atoms with Crippen LogP contribution >= 0.6 is 0 Å². The number of alkyl halides is 2. The molecule has 1 amide bonds. The zero-order valence-corrected chi connectivity index (χ0v) is 11.4. The Bertz CT molecular complexity index is 670. The SMILES string of the molecule is NC1CN(C(=O)Cn2cnc3ccccc32)CCC1(F)F. The fourth-order valence-corrected chi connectivity index (χ4v) is 2.54. The highest BCUT2D eigenvalue weighted by atomic mass is 19.3. The summed E-state index contributed by atoms with van der Waals surface area (Å²) in [4.78, 5) is 17.8. The van der Waals surface area contributed by atoms with Crippen molar-refractivity contribution in [2.75, 3.05) is 13.1 Å². The molecule has 0 aliphatic carbocycles. The molecule has 1 unspecified atom stereocenters. The molecular formula is C14H16F2N4O. The summed E-state index contributed by atoms with van der Waals surface area (Å²) >= 11 is 0. The Labute approximate surface area is 120 Å². The number of nitrogens with two attached hydrogens (primary N) is 1. The van der Waals surface area contributed by atoms with Crippen molar-refractivity contribution >= 4 is 16.9 Å². The monoisotopic (exact) mass is 294 g/mol. The molecule has 21 heavy (non-hydrogen) atoms. The summed E-state index contributed by atoms with van der Waals surface area (Å²) in [6.07, 6.45) is 1.20. The minimum Gasteiger partial charge on any atom is -0.339 e. The third kappa shape index (κ3) is 2.61. The van der Waals surface area contributed by atoms with E-state index in [9.17, 15) is 13.6 Å². The number of piperidine rings is 1. The smallest absolute Gasteiger partial charge is 0.266 e. The summed E-state index contributed by atoms with van der Waals surface area (Å²) in [6.45, 7) is 0.00340. The number of imidazole rings is 1. The van der Waals surface area contributed by atoms with E-state index in [1.54, 1.807) is 10.9 Å². The van der Waals surface area contributed by atoms with Crippen LogP contribution in [0.5, 0.6) is 0 Å². The van der Waals surface area contributed by atoms with Crippen LogP contribution in [0.3, 0.4) is 0 Å². The molecule has 0 spiro atoms. The van der Waals surface area contributed by atoms with E-state index < -0.39 is 12.0 Å². The van der Waals surface area contributed by atoms with Crippen LogP contribution in [0.2, 0.25) is 0 Å². The number of nitrogens with zero attached hydrogens (tertiary/aromatic N) is 3. The number of para-hydroxylation sites is 2. The van der Waals surface area contributed by atoms with Crippen LogP contribution in [-0.2, 0) is 11.3 Å². The molecule has 1 aromatic carbocycles. The van der Waals surface area contributed by atoms with E-state index in [1.165, 1.54) is 4.90 Å². The van der Waals surface area contributed by atoms with Gasteiger partial charge >= 0.3 is 0 Å². The van der Waals surface area contributed by atoms with Crippen molar-refractivity contribution in [3.8, 4) is 0 Å². The van der Waals surface area contributed by atoms with Gasteiger partial charge in [0.1, 0.15) is 6.54 Å². The summed E-state index contributed by atoms with van der Waals surface area (Å²) in [6, 6.07) is 6.16. The van der Waals surface area contributed by atoms with Crippen LogP contribution in [0.15, 0.2) is 30.6 Å². The molecule has 2 heterocycles. The van der Waals surface area contributed by atoms with E-state index in [2.05, 4.69) is 4.98 Å². The first-order chi connectivity index (χ1) is 9.97. The fourth-order valence-electron chi connectivity index (χ4n) is 2.54. The highest BCUT2D eigenvalue weighted by Gasteiger charge is 2.42. The number of carbonyl (C=O) groups is 1. The van der Waals surface area contributed by atoms with Gasteiger partial charge in [0.2, 0.25) is 5.91 Å². The van der Waals surface area contributed by atoms with Gasteiger partial charge in [-0.1, -0.05) is 12.1 Å². The van der Waals surface area contributed by atoms with Crippen LogP contribution in [0.25, 0.3) is 11.0 Å². The number of hydrogen-bond donors (Lipinski definition) is 1. The Morgan fingerprint density at radius 2 is 2.19 bits per heavy atom. The second-order valence-corrected chi connectivity index (χ2v) is 5.32. The summed E-state index contributed by atoms with van der Waals surface area (Å²) in [5.74, 6) is -3.11. The van der Waals surface area contributed by atoms with Gasteiger partial charge in [-0.15, -0.1) is 0 Å². The van der Waals surface area contributed by atoms with E-state index in [1.807, 2.05) is 24.3 Å². The molecular weight excluding hydrogens is 278 g/mol. The van der Waals surface area contributed by atoms with Gasteiger partial charge in [0.15, 0.2) is 0 Å². The van der Waals surface area contributed by atoms with Gasteiger partial charge in [0.25, 0.3) is 5.92 Å². The van der Waals surface area contributed by atoms with Crippen molar-refractivity contribution < 1.29 is 13.6 Å². The first-order valence-electron chi connectivity index (χ1n) is 6.78. The van der Waals surface area contributed by atoms with Crippen molar-refractivity contribution in [2.24, 2.45) is 5.73 Å². The van der Waals surface area contributed by atoms with E-state index in [0.29, 0.717) is 0 Å². The first kappa shape index (κ1) is 13.9. The number of rotatable bonds is 2. The summed E-state index contributed by atoms with van der Waals surface area (Å²) in [7, 11) is 0. The fraction of sp³-hybridized carbons (Fsp3) is 0.429. The number of likely N-dealkylation sites (tertiary alicyclic amines) is 1. The Morgan fingerprint density at radius 1 is 1.43 bits per heavy atom. The second-order valence-electron chi connectivity index (χ2n) is 5.32. The molecule has 2 aromatic rings. The van der Waals surface area contributed by atoms with E-state index >= 15 is 0 Å².